The van der Waals surface area contributed by atoms with Crippen LogP contribution >= 0.6 is 22.9 Å². The number of hydrogen-bond acceptors (Lipinski definition) is 3. The molecule has 1 saturated heterocycles. The Morgan fingerprint density at radius 3 is 2.46 bits per heavy atom. The van der Waals surface area contributed by atoms with Crippen molar-refractivity contribution in [3.63, 3.8) is 0 Å². The van der Waals surface area contributed by atoms with Crippen molar-refractivity contribution in [2.75, 3.05) is 26.2 Å². The molecule has 2 heterocycles. The molecule has 3 rings (SSSR count). The average Bonchev–Trinajstić information content (AvgIpc) is 3.14. The van der Waals surface area contributed by atoms with E-state index in [9.17, 15) is 9.59 Å². The monoisotopic (exact) mass is 388 g/mol. The fraction of sp³-hybridized carbons (Fsp3) is 0.300. The minimum absolute atomic E-state index is 0.0127. The molecular weight excluding hydrogens is 368 g/mol. The van der Waals surface area contributed by atoms with Gasteiger partial charge in [0.05, 0.1) is 0 Å². The number of amides is 2. The summed E-state index contributed by atoms with van der Waals surface area (Å²) >= 11 is 7.84. The lowest BCUT2D eigenvalue weighted by molar-refractivity contribution is -0.136. The fourth-order valence-corrected chi connectivity index (χ4v) is 4.15. The largest absolute Gasteiger partial charge is 0.339 e. The Balaban J connectivity index is 1.60. The highest BCUT2D eigenvalue weighted by atomic mass is 35.5. The Hall–Kier alpha value is -2.11. The Labute approximate surface area is 162 Å². The Kier molecular flexibility index (Phi) is 6.12. The van der Waals surface area contributed by atoms with E-state index in [1.54, 1.807) is 22.3 Å². The van der Waals surface area contributed by atoms with E-state index in [1.165, 1.54) is 0 Å². The third-order valence-electron chi connectivity index (χ3n) is 4.40. The van der Waals surface area contributed by atoms with Crippen LogP contribution in [0, 0.1) is 0 Å². The van der Waals surface area contributed by atoms with E-state index in [1.807, 2.05) is 54.3 Å². The molecule has 1 aliphatic heterocycles. The molecule has 2 amide bonds. The molecule has 4 nitrogen and oxygen atoms in total. The first-order chi connectivity index (χ1) is 12.6. The smallest absolute Gasteiger partial charge is 0.246 e. The topological polar surface area (TPSA) is 40.6 Å². The minimum Gasteiger partial charge on any atom is -0.339 e. The Bertz CT molecular complexity index is 823. The molecule has 1 aromatic heterocycles. The molecule has 1 fully saturated rings. The van der Waals surface area contributed by atoms with Crippen LogP contribution in [0.5, 0.6) is 0 Å². The number of halogens is 1. The molecule has 0 bridgehead atoms. The minimum atomic E-state index is -0.0127. The summed E-state index contributed by atoms with van der Waals surface area (Å²) in [6, 6.07) is 11.7. The summed E-state index contributed by atoms with van der Waals surface area (Å²) in [5.74, 6) is 0.139. The van der Waals surface area contributed by atoms with Gasteiger partial charge in [0.1, 0.15) is 0 Å². The zero-order chi connectivity index (χ0) is 18.5. The average molecular weight is 389 g/mol. The highest BCUT2D eigenvalue weighted by Gasteiger charge is 2.21. The van der Waals surface area contributed by atoms with Gasteiger partial charge in [0.15, 0.2) is 0 Å². The van der Waals surface area contributed by atoms with Gasteiger partial charge in [-0.25, -0.2) is 0 Å². The molecule has 1 aliphatic rings. The molecule has 0 aliphatic carbocycles. The molecule has 0 radical (unpaired) electrons. The van der Waals surface area contributed by atoms with Gasteiger partial charge in [-0.3, -0.25) is 9.59 Å². The molecule has 0 unspecified atom stereocenters. The van der Waals surface area contributed by atoms with Crippen molar-refractivity contribution in [1.82, 2.24) is 9.80 Å². The normalized spacial score (nSPS) is 14.8. The van der Waals surface area contributed by atoms with Gasteiger partial charge in [0, 0.05) is 59.0 Å². The Morgan fingerprint density at radius 1 is 1.08 bits per heavy atom. The molecule has 1 aromatic carbocycles. The number of benzene rings is 1. The van der Waals surface area contributed by atoms with Crippen LogP contribution in [0.25, 0.3) is 16.5 Å². The maximum absolute atomic E-state index is 12.4. The van der Waals surface area contributed by atoms with Crippen molar-refractivity contribution in [1.29, 1.82) is 0 Å². The van der Waals surface area contributed by atoms with Crippen molar-refractivity contribution in [2.45, 2.75) is 13.3 Å². The second kappa shape index (κ2) is 8.52. The lowest BCUT2D eigenvalue weighted by Gasteiger charge is -2.34. The van der Waals surface area contributed by atoms with Crippen molar-refractivity contribution in [2.24, 2.45) is 0 Å². The van der Waals surface area contributed by atoms with Crippen LogP contribution in [-0.2, 0) is 9.59 Å². The molecule has 136 valence electrons. The quantitative estimate of drug-likeness (QED) is 0.738. The number of thiophene rings is 1. The van der Waals surface area contributed by atoms with Crippen LogP contribution in [-0.4, -0.2) is 47.8 Å². The van der Waals surface area contributed by atoms with Crippen molar-refractivity contribution in [3.05, 3.63) is 52.4 Å². The van der Waals surface area contributed by atoms with Crippen molar-refractivity contribution < 1.29 is 9.59 Å². The number of rotatable bonds is 4. The van der Waals surface area contributed by atoms with Gasteiger partial charge in [-0.15, -0.1) is 11.3 Å². The summed E-state index contributed by atoms with van der Waals surface area (Å²) < 4.78 is 0. The summed E-state index contributed by atoms with van der Waals surface area (Å²) in [7, 11) is 0. The molecule has 2 aromatic rings. The van der Waals surface area contributed by atoms with Crippen LogP contribution in [0.3, 0.4) is 0 Å². The first kappa shape index (κ1) is 18.7. The van der Waals surface area contributed by atoms with Crippen LogP contribution in [0.2, 0.25) is 5.02 Å². The summed E-state index contributed by atoms with van der Waals surface area (Å²) in [4.78, 5) is 29.8. The first-order valence-electron chi connectivity index (χ1n) is 8.68. The number of nitrogens with zero attached hydrogens (tertiary/aromatic N) is 2. The van der Waals surface area contributed by atoms with Crippen LogP contribution < -0.4 is 0 Å². The summed E-state index contributed by atoms with van der Waals surface area (Å²) in [5.41, 5.74) is 1.00. The van der Waals surface area contributed by atoms with Gasteiger partial charge in [-0.2, -0.15) is 0 Å². The van der Waals surface area contributed by atoms with Crippen molar-refractivity contribution in [3.8, 4) is 10.4 Å². The number of hydrogen-bond donors (Lipinski definition) is 0. The molecule has 0 atom stereocenters. The zero-order valence-electron chi connectivity index (χ0n) is 14.7. The van der Waals surface area contributed by atoms with Gasteiger partial charge >= 0.3 is 0 Å². The maximum atomic E-state index is 12.4. The predicted octanol–water partition coefficient (Wildman–Crippen LogP) is 4.16. The lowest BCUT2D eigenvalue weighted by atomic mass is 10.2. The van der Waals surface area contributed by atoms with E-state index >= 15 is 0 Å². The number of carbonyl (C=O) groups is 2. The second-order valence-corrected chi connectivity index (χ2v) is 7.60. The maximum Gasteiger partial charge on any atom is 0.246 e. The lowest BCUT2D eigenvalue weighted by Crippen LogP contribution is -2.50. The number of carbonyl (C=O) groups excluding carboxylic acids is 2. The molecule has 0 N–H and O–H groups in total. The number of piperazine rings is 1. The summed E-state index contributed by atoms with van der Waals surface area (Å²) in [6.07, 6.45) is 3.97. The van der Waals surface area contributed by atoms with E-state index in [0.717, 1.165) is 20.3 Å². The highest BCUT2D eigenvalue weighted by Crippen LogP contribution is 2.33. The third-order valence-corrected chi connectivity index (χ3v) is 5.82. The van der Waals surface area contributed by atoms with E-state index in [-0.39, 0.29) is 11.8 Å². The van der Waals surface area contributed by atoms with E-state index in [2.05, 4.69) is 0 Å². The van der Waals surface area contributed by atoms with Gasteiger partial charge < -0.3 is 9.80 Å². The summed E-state index contributed by atoms with van der Waals surface area (Å²) in [6.45, 7) is 4.26. The second-order valence-electron chi connectivity index (χ2n) is 6.07. The molecular formula is C20H21ClN2O2S. The zero-order valence-corrected chi connectivity index (χ0v) is 16.2. The van der Waals surface area contributed by atoms with Gasteiger partial charge in [-0.1, -0.05) is 36.7 Å². The van der Waals surface area contributed by atoms with E-state index in [0.29, 0.717) is 32.6 Å². The van der Waals surface area contributed by atoms with Crippen LogP contribution in [0.4, 0.5) is 0 Å². The van der Waals surface area contributed by atoms with E-state index < -0.39 is 0 Å². The van der Waals surface area contributed by atoms with Crippen LogP contribution in [0.1, 0.15) is 18.2 Å². The standard InChI is InChI=1S/C20H21ClN2O2S/c1-2-19(24)22-11-13-23(14-12-22)20(25)10-8-15-7-9-18(26-15)16-5-3-4-6-17(16)21/h3-10H,2,11-14H2,1H3/b10-8+. The van der Waals surface area contributed by atoms with Gasteiger partial charge in [-0.05, 0) is 24.3 Å². The fourth-order valence-electron chi connectivity index (χ4n) is 2.91. The Morgan fingerprint density at radius 2 is 1.77 bits per heavy atom. The van der Waals surface area contributed by atoms with Gasteiger partial charge in [0.2, 0.25) is 11.8 Å². The van der Waals surface area contributed by atoms with Gasteiger partial charge in [0.25, 0.3) is 0 Å². The predicted molar refractivity (Wildman–Crippen MR) is 107 cm³/mol. The molecule has 26 heavy (non-hydrogen) atoms. The molecule has 0 spiro atoms. The summed E-state index contributed by atoms with van der Waals surface area (Å²) in [5, 5.41) is 0.723. The van der Waals surface area contributed by atoms with Crippen LogP contribution in [0.15, 0.2) is 42.5 Å². The molecule has 6 heteroatoms. The van der Waals surface area contributed by atoms with Crippen molar-refractivity contribution >= 4 is 40.8 Å². The SMILES string of the molecule is CCC(=O)N1CCN(C(=O)/C=C/c2ccc(-c3ccccc3Cl)s2)CC1. The highest BCUT2D eigenvalue weighted by molar-refractivity contribution is 7.16. The molecule has 0 saturated carbocycles. The first-order valence-corrected chi connectivity index (χ1v) is 9.87. The van der Waals surface area contributed by atoms with E-state index in [4.69, 9.17) is 11.6 Å². The third kappa shape index (κ3) is 4.34.